The molecule has 0 bridgehead atoms. The summed E-state index contributed by atoms with van der Waals surface area (Å²) in [5.74, 6) is -3.20. The van der Waals surface area contributed by atoms with Gasteiger partial charge in [-0.05, 0) is 42.0 Å². The molecule has 1 saturated heterocycles. The number of carbonyl (C=O) groups excluding carboxylic acids is 2. The minimum absolute atomic E-state index is 0.111. The van der Waals surface area contributed by atoms with Crippen LogP contribution in [0.4, 0.5) is 0 Å². The molecule has 1 atom stereocenters. The van der Waals surface area contributed by atoms with Crippen LogP contribution in [0.3, 0.4) is 0 Å². The number of carboxylic acids is 1. The van der Waals surface area contributed by atoms with E-state index in [0.29, 0.717) is 21.2 Å². The molecule has 0 spiro atoms. The average molecular weight is 420 g/mol. The van der Waals surface area contributed by atoms with Crippen molar-refractivity contribution in [2.75, 3.05) is 6.54 Å². The molecule has 6 nitrogen and oxygen atoms in total. The van der Waals surface area contributed by atoms with Crippen molar-refractivity contribution in [2.45, 2.75) is 12.5 Å². The number of likely N-dealkylation sites (tertiary alicyclic amines) is 1. The minimum atomic E-state index is -1.10. The van der Waals surface area contributed by atoms with Crippen LogP contribution < -0.4 is 0 Å². The van der Waals surface area contributed by atoms with Gasteiger partial charge < -0.3 is 15.1 Å². The molecule has 28 heavy (non-hydrogen) atoms. The summed E-state index contributed by atoms with van der Waals surface area (Å²) in [7, 11) is 0. The monoisotopic (exact) mass is 419 g/mol. The summed E-state index contributed by atoms with van der Waals surface area (Å²) < 4.78 is 0. The number of Topliss-reactive ketones (excluding diaryl/α,β-unsaturated/α-hetero) is 1. The van der Waals surface area contributed by atoms with Crippen LogP contribution in [0, 0.1) is 0 Å². The predicted octanol–water partition coefficient (Wildman–Crippen LogP) is 3.89. The zero-order valence-corrected chi connectivity index (χ0v) is 15.9. The Hall–Kier alpha value is -2.83. The highest BCUT2D eigenvalue weighted by atomic mass is 35.5. The number of nitrogens with zero attached hydrogens (tertiary/aromatic N) is 1. The van der Waals surface area contributed by atoms with E-state index in [1.54, 1.807) is 36.4 Å². The number of ketones is 1. The third-order valence-corrected chi connectivity index (χ3v) is 4.91. The lowest BCUT2D eigenvalue weighted by atomic mass is 9.95. The van der Waals surface area contributed by atoms with Gasteiger partial charge in [-0.25, -0.2) is 0 Å². The van der Waals surface area contributed by atoms with Gasteiger partial charge >= 0.3 is 5.97 Å². The maximum Gasteiger partial charge on any atom is 0.305 e. The summed E-state index contributed by atoms with van der Waals surface area (Å²) >= 11 is 11.8. The van der Waals surface area contributed by atoms with Gasteiger partial charge in [-0.2, -0.15) is 0 Å². The first-order valence-electron chi connectivity index (χ1n) is 8.31. The van der Waals surface area contributed by atoms with E-state index in [1.165, 1.54) is 12.1 Å². The summed E-state index contributed by atoms with van der Waals surface area (Å²) in [4.78, 5) is 37.4. The van der Waals surface area contributed by atoms with Gasteiger partial charge in [0.25, 0.3) is 11.7 Å². The molecule has 2 N–H and O–H groups in total. The van der Waals surface area contributed by atoms with Crippen molar-refractivity contribution in [1.82, 2.24) is 4.90 Å². The Morgan fingerprint density at radius 2 is 1.46 bits per heavy atom. The Kier molecular flexibility index (Phi) is 5.72. The van der Waals surface area contributed by atoms with Crippen LogP contribution in [0.15, 0.2) is 54.1 Å². The molecule has 2 aromatic carbocycles. The molecule has 0 unspecified atom stereocenters. The van der Waals surface area contributed by atoms with Crippen molar-refractivity contribution in [1.29, 1.82) is 0 Å². The number of aliphatic carboxylic acids is 1. The maximum atomic E-state index is 12.7. The fourth-order valence-corrected chi connectivity index (χ4v) is 3.33. The third kappa shape index (κ3) is 3.88. The number of carbonyl (C=O) groups is 3. The maximum absolute atomic E-state index is 12.7. The number of amides is 1. The number of rotatable bonds is 5. The van der Waals surface area contributed by atoms with Crippen molar-refractivity contribution in [2.24, 2.45) is 0 Å². The highest BCUT2D eigenvalue weighted by Crippen LogP contribution is 2.39. The van der Waals surface area contributed by atoms with E-state index in [2.05, 4.69) is 0 Å². The van der Waals surface area contributed by atoms with Crippen molar-refractivity contribution in [3.05, 3.63) is 75.3 Å². The Morgan fingerprint density at radius 1 is 0.929 bits per heavy atom. The van der Waals surface area contributed by atoms with Crippen molar-refractivity contribution in [3.8, 4) is 0 Å². The van der Waals surface area contributed by atoms with E-state index in [4.69, 9.17) is 28.3 Å². The Balaban J connectivity index is 2.14. The summed E-state index contributed by atoms with van der Waals surface area (Å²) in [6.45, 7) is -0.176. The molecular weight excluding hydrogens is 405 g/mol. The van der Waals surface area contributed by atoms with E-state index in [-0.39, 0.29) is 24.3 Å². The van der Waals surface area contributed by atoms with E-state index < -0.39 is 23.7 Å². The smallest absolute Gasteiger partial charge is 0.305 e. The second-order valence-corrected chi connectivity index (χ2v) is 7.07. The molecule has 1 fully saturated rings. The highest BCUT2D eigenvalue weighted by Gasteiger charge is 2.46. The fourth-order valence-electron chi connectivity index (χ4n) is 3.08. The molecule has 1 aliphatic heterocycles. The molecule has 2 aromatic rings. The van der Waals surface area contributed by atoms with Gasteiger partial charge in [0.1, 0.15) is 5.76 Å². The van der Waals surface area contributed by atoms with E-state index in [1.807, 2.05) is 0 Å². The number of hydrogen-bond donors (Lipinski definition) is 2. The molecule has 144 valence electrons. The summed E-state index contributed by atoms with van der Waals surface area (Å²) in [5, 5.41) is 20.7. The van der Waals surface area contributed by atoms with Crippen molar-refractivity contribution >= 4 is 46.6 Å². The molecule has 0 radical (unpaired) electrons. The molecular formula is C20H15Cl2NO5. The van der Waals surface area contributed by atoms with E-state index in [9.17, 15) is 19.5 Å². The van der Waals surface area contributed by atoms with Gasteiger partial charge in [-0.15, -0.1) is 0 Å². The van der Waals surface area contributed by atoms with Crippen LogP contribution in [0.5, 0.6) is 0 Å². The second kappa shape index (κ2) is 8.04. The lowest BCUT2D eigenvalue weighted by Gasteiger charge is -2.24. The molecule has 1 heterocycles. The van der Waals surface area contributed by atoms with Crippen LogP contribution in [0.25, 0.3) is 5.76 Å². The van der Waals surface area contributed by atoms with E-state index >= 15 is 0 Å². The quantitative estimate of drug-likeness (QED) is 0.435. The van der Waals surface area contributed by atoms with Crippen LogP contribution in [0.1, 0.15) is 23.6 Å². The fraction of sp³-hybridized carbons (Fsp3) is 0.150. The largest absolute Gasteiger partial charge is 0.507 e. The Bertz CT molecular complexity index is 967. The van der Waals surface area contributed by atoms with Crippen LogP contribution in [0.2, 0.25) is 10.0 Å². The second-order valence-electron chi connectivity index (χ2n) is 6.19. The Morgan fingerprint density at radius 3 is 2.00 bits per heavy atom. The number of halogens is 2. The van der Waals surface area contributed by atoms with Crippen LogP contribution in [-0.4, -0.2) is 39.3 Å². The number of aliphatic hydroxyl groups is 1. The number of carboxylic acid groups (broad SMARTS) is 1. The topological polar surface area (TPSA) is 94.9 Å². The zero-order chi connectivity index (χ0) is 20.4. The normalized spacial score (nSPS) is 18.5. The lowest BCUT2D eigenvalue weighted by molar-refractivity contribution is -0.142. The van der Waals surface area contributed by atoms with Gasteiger partial charge in [0.15, 0.2) is 0 Å². The summed E-state index contributed by atoms with van der Waals surface area (Å²) in [5.41, 5.74) is 0.740. The molecule has 0 aliphatic carbocycles. The van der Waals surface area contributed by atoms with Gasteiger partial charge in [0.05, 0.1) is 18.0 Å². The molecule has 0 aromatic heterocycles. The first-order valence-corrected chi connectivity index (χ1v) is 9.07. The van der Waals surface area contributed by atoms with E-state index in [0.717, 1.165) is 4.90 Å². The van der Waals surface area contributed by atoms with Crippen LogP contribution in [-0.2, 0) is 14.4 Å². The minimum Gasteiger partial charge on any atom is -0.507 e. The third-order valence-electron chi connectivity index (χ3n) is 4.41. The zero-order valence-electron chi connectivity index (χ0n) is 14.4. The van der Waals surface area contributed by atoms with Gasteiger partial charge in [0, 0.05) is 22.2 Å². The molecule has 1 amide bonds. The van der Waals surface area contributed by atoms with Crippen LogP contribution >= 0.6 is 23.2 Å². The van der Waals surface area contributed by atoms with Gasteiger partial charge in [0.2, 0.25) is 0 Å². The first-order chi connectivity index (χ1) is 13.3. The molecule has 8 heteroatoms. The average Bonchev–Trinajstić information content (AvgIpc) is 2.91. The van der Waals surface area contributed by atoms with Gasteiger partial charge in [-0.3, -0.25) is 14.4 Å². The molecule has 0 saturated carbocycles. The van der Waals surface area contributed by atoms with Crippen molar-refractivity contribution < 1.29 is 24.6 Å². The molecule has 3 rings (SSSR count). The predicted molar refractivity (Wildman–Crippen MR) is 104 cm³/mol. The highest BCUT2D eigenvalue weighted by molar-refractivity contribution is 6.46. The summed E-state index contributed by atoms with van der Waals surface area (Å²) in [6, 6.07) is 11.7. The Labute approximate surface area is 170 Å². The number of aliphatic hydroxyl groups excluding tert-OH is 1. The number of hydrogen-bond acceptors (Lipinski definition) is 4. The van der Waals surface area contributed by atoms with Crippen molar-refractivity contribution in [3.63, 3.8) is 0 Å². The van der Waals surface area contributed by atoms with Gasteiger partial charge in [-0.1, -0.05) is 35.3 Å². The summed E-state index contributed by atoms with van der Waals surface area (Å²) in [6.07, 6.45) is -0.335. The standard InChI is InChI=1S/C20H15Cl2NO5/c21-13-5-1-11(2-6-13)17-16(18(26)12-3-7-14(22)8-4-12)19(27)20(28)23(17)10-9-15(24)25/h1-8,17,26H,9-10H2,(H,24,25)/t17-/m1/s1. The lowest BCUT2D eigenvalue weighted by Crippen LogP contribution is -2.31. The first kappa shape index (κ1) is 19.9. The SMILES string of the molecule is O=C(O)CCN1C(=O)C(=O)C(=C(O)c2ccc(Cl)cc2)[C@H]1c1ccc(Cl)cc1. The number of benzene rings is 2. The molecule has 1 aliphatic rings.